The van der Waals surface area contributed by atoms with Gasteiger partial charge in [0.1, 0.15) is 0 Å². The van der Waals surface area contributed by atoms with Gasteiger partial charge in [0.05, 0.1) is 16.9 Å². The summed E-state index contributed by atoms with van der Waals surface area (Å²) in [5.74, 6) is 1.31. The van der Waals surface area contributed by atoms with Crippen LogP contribution in [0.4, 0.5) is 0 Å². The van der Waals surface area contributed by atoms with Crippen LogP contribution in [0.15, 0.2) is 6.20 Å². The van der Waals surface area contributed by atoms with Gasteiger partial charge in [0.15, 0.2) is 0 Å². The van der Waals surface area contributed by atoms with E-state index in [1.54, 1.807) is 6.20 Å². The quantitative estimate of drug-likeness (QED) is 0.879. The number of hydrogen-bond donors (Lipinski definition) is 1. The van der Waals surface area contributed by atoms with Crippen LogP contribution >= 0.6 is 11.6 Å². The van der Waals surface area contributed by atoms with Gasteiger partial charge in [-0.3, -0.25) is 4.68 Å². The molecule has 3 nitrogen and oxygen atoms in total. The number of nitrogens with one attached hydrogen (secondary N) is 1. The highest BCUT2D eigenvalue weighted by Gasteiger charge is 2.35. The molecule has 1 aliphatic carbocycles. The fraction of sp³-hybridized carbons (Fsp3) is 0.750. The van der Waals surface area contributed by atoms with Gasteiger partial charge in [0, 0.05) is 12.0 Å². The van der Waals surface area contributed by atoms with Crippen LogP contribution in [-0.4, -0.2) is 23.4 Å². The number of aromatic nitrogens is 2. The molecule has 90 valence electrons. The highest BCUT2D eigenvalue weighted by Crippen LogP contribution is 2.45. The van der Waals surface area contributed by atoms with E-state index in [2.05, 4.69) is 28.9 Å². The molecule has 0 amide bonds. The molecule has 0 radical (unpaired) electrons. The van der Waals surface area contributed by atoms with Gasteiger partial charge in [-0.2, -0.15) is 5.10 Å². The SMILES string of the molecule is CNCC1CCC1c1c(Cl)cnn1C(C)C. The van der Waals surface area contributed by atoms with Crippen molar-refractivity contribution >= 4 is 11.6 Å². The molecule has 1 saturated carbocycles. The Balaban J connectivity index is 2.22. The molecule has 1 fully saturated rings. The second-order valence-corrected chi connectivity index (χ2v) is 5.32. The number of halogens is 1. The Bertz CT molecular complexity index is 359. The fourth-order valence-electron chi connectivity index (χ4n) is 2.54. The third-order valence-corrected chi connectivity index (χ3v) is 3.80. The van der Waals surface area contributed by atoms with E-state index in [4.69, 9.17) is 11.6 Å². The first-order valence-corrected chi connectivity index (χ1v) is 6.40. The maximum Gasteiger partial charge on any atom is 0.0820 e. The van der Waals surface area contributed by atoms with Crippen LogP contribution in [-0.2, 0) is 0 Å². The molecule has 0 aliphatic heterocycles. The Morgan fingerprint density at radius 1 is 1.56 bits per heavy atom. The van der Waals surface area contributed by atoms with Crippen molar-refractivity contribution < 1.29 is 0 Å². The molecule has 2 atom stereocenters. The normalized spacial score (nSPS) is 24.8. The molecule has 1 aromatic rings. The van der Waals surface area contributed by atoms with E-state index in [0.29, 0.717) is 12.0 Å². The highest BCUT2D eigenvalue weighted by atomic mass is 35.5. The van der Waals surface area contributed by atoms with E-state index in [-0.39, 0.29) is 0 Å². The van der Waals surface area contributed by atoms with E-state index < -0.39 is 0 Å². The maximum atomic E-state index is 6.26. The van der Waals surface area contributed by atoms with Crippen molar-refractivity contribution in [2.24, 2.45) is 5.92 Å². The number of rotatable bonds is 4. The van der Waals surface area contributed by atoms with Gasteiger partial charge in [-0.1, -0.05) is 11.6 Å². The molecule has 1 aliphatic rings. The van der Waals surface area contributed by atoms with Crippen molar-refractivity contribution in [1.29, 1.82) is 0 Å². The van der Waals surface area contributed by atoms with Crippen LogP contribution in [0.5, 0.6) is 0 Å². The summed E-state index contributed by atoms with van der Waals surface area (Å²) in [6, 6.07) is 0.387. The molecule has 1 aromatic heterocycles. The van der Waals surface area contributed by atoms with Gasteiger partial charge >= 0.3 is 0 Å². The maximum absolute atomic E-state index is 6.26. The molecular weight excluding hydrogens is 222 g/mol. The number of nitrogens with zero attached hydrogens (tertiary/aromatic N) is 2. The zero-order valence-corrected chi connectivity index (χ0v) is 11.0. The predicted octanol–water partition coefficient (Wildman–Crippen LogP) is 2.83. The molecule has 16 heavy (non-hydrogen) atoms. The minimum absolute atomic E-state index is 0.387. The molecule has 2 rings (SSSR count). The van der Waals surface area contributed by atoms with Crippen LogP contribution in [0.2, 0.25) is 5.02 Å². The first-order valence-electron chi connectivity index (χ1n) is 6.02. The summed E-state index contributed by atoms with van der Waals surface area (Å²) in [6.07, 6.45) is 4.32. The average molecular weight is 242 g/mol. The third-order valence-electron chi connectivity index (χ3n) is 3.51. The van der Waals surface area contributed by atoms with Crippen LogP contribution < -0.4 is 5.32 Å². The summed E-state index contributed by atoms with van der Waals surface area (Å²) < 4.78 is 2.08. The molecule has 0 bridgehead atoms. The van der Waals surface area contributed by atoms with Gasteiger partial charge in [-0.05, 0) is 46.2 Å². The predicted molar refractivity (Wildman–Crippen MR) is 67.0 cm³/mol. The molecular formula is C12H20ClN3. The van der Waals surface area contributed by atoms with E-state index in [1.165, 1.54) is 18.5 Å². The van der Waals surface area contributed by atoms with E-state index in [0.717, 1.165) is 17.5 Å². The van der Waals surface area contributed by atoms with Crippen molar-refractivity contribution in [3.8, 4) is 0 Å². The van der Waals surface area contributed by atoms with Crippen molar-refractivity contribution in [3.63, 3.8) is 0 Å². The Morgan fingerprint density at radius 3 is 2.81 bits per heavy atom. The van der Waals surface area contributed by atoms with Crippen LogP contribution in [0.1, 0.15) is 44.3 Å². The second kappa shape index (κ2) is 4.76. The Hall–Kier alpha value is -0.540. The van der Waals surface area contributed by atoms with E-state index in [9.17, 15) is 0 Å². The van der Waals surface area contributed by atoms with Gasteiger partial charge in [0.2, 0.25) is 0 Å². The van der Waals surface area contributed by atoms with Gasteiger partial charge in [0.25, 0.3) is 0 Å². The second-order valence-electron chi connectivity index (χ2n) is 4.92. The van der Waals surface area contributed by atoms with E-state index >= 15 is 0 Å². The Kier molecular flexibility index (Phi) is 3.55. The van der Waals surface area contributed by atoms with Crippen molar-refractivity contribution in [1.82, 2.24) is 15.1 Å². The highest BCUT2D eigenvalue weighted by molar-refractivity contribution is 6.31. The zero-order chi connectivity index (χ0) is 11.7. The van der Waals surface area contributed by atoms with Crippen LogP contribution in [0.3, 0.4) is 0 Å². The molecule has 2 unspecified atom stereocenters. The molecule has 4 heteroatoms. The summed E-state index contributed by atoms with van der Waals surface area (Å²) in [4.78, 5) is 0. The van der Waals surface area contributed by atoms with Crippen molar-refractivity contribution in [3.05, 3.63) is 16.9 Å². The monoisotopic (exact) mass is 241 g/mol. The van der Waals surface area contributed by atoms with Crippen LogP contribution in [0.25, 0.3) is 0 Å². The van der Waals surface area contributed by atoms with E-state index in [1.807, 2.05) is 7.05 Å². The minimum atomic E-state index is 0.387. The molecule has 0 aromatic carbocycles. The van der Waals surface area contributed by atoms with Crippen molar-refractivity contribution in [2.45, 2.75) is 38.6 Å². The lowest BCUT2D eigenvalue weighted by atomic mass is 9.71. The molecule has 1 heterocycles. The average Bonchev–Trinajstić information content (AvgIpc) is 2.56. The lowest BCUT2D eigenvalue weighted by Crippen LogP contribution is -2.34. The summed E-state index contributed by atoms with van der Waals surface area (Å²) in [6.45, 7) is 5.38. The molecule has 0 spiro atoms. The fourth-order valence-corrected chi connectivity index (χ4v) is 2.82. The lowest BCUT2D eigenvalue weighted by molar-refractivity contribution is 0.235. The first-order chi connectivity index (χ1) is 7.65. The molecule has 0 saturated heterocycles. The molecule has 1 N–H and O–H groups in total. The van der Waals surface area contributed by atoms with Gasteiger partial charge in [-0.15, -0.1) is 0 Å². The van der Waals surface area contributed by atoms with Crippen LogP contribution in [0, 0.1) is 5.92 Å². The summed E-state index contributed by atoms with van der Waals surface area (Å²) in [7, 11) is 2.01. The Morgan fingerprint density at radius 2 is 2.31 bits per heavy atom. The van der Waals surface area contributed by atoms with Gasteiger partial charge in [-0.25, -0.2) is 0 Å². The summed E-state index contributed by atoms with van der Waals surface area (Å²) in [5, 5.41) is 8.47. The standard InChI is InChI=1S/C12H20ClN3/c1-8(2)16-12(11(13)7-15-16)10-5-4-9(10)6-14-3/h7-10,14H,4-6H2,1-3H3. The topological polar surface area (TPSA) is 29.9 Å². The third kappa shape index (κ3) is 1.98. The number of hydrogen-bond acceptors (Lipinski definition) is 2. The Labute approximate surface area is 102 Å². The first kappa shape index (κ1) is 11.9. The van der Waals surface area contributed by atoms with Crippen molar-refractivity contribution in [2.75, 3.05) is 13.6 Å². The summed E-state index contributed by atoms with van der Waals surface area (Å²) in [5.41, 5.74) is 1.24. The lowest BCUT2D eigenvalue weighted by Gasteiger charge is -2.37. The summed E-state index contributed by atoms with van der Waals surface area (Å²) >= 11 is 6.26. The van der Waals surface area contributed by atoms with Gasteiger partial charge < -0.3 is 5.32 Å². The smallest absolute Gasteiger partial charge is 0.0820 e. The largest absolute Gasteiger partial charge is 0.319 e. The minimum Gasteiger partial charge on any atom is -0.319 e. The zero-order valence-electron chi connectivity index (χ0n) is 10.2.